The van der Waals surface area contributed by atoms with Gasteiger partial charge in [-0.15, -0.1) is 11.3 Å². The van der Waals surface area contributed by atoms with Gasteiger partial charge in [-0.1, -0.05) is 29.8 Å². The molecular weight excluding hydrogens is 318 g/mol. The number of hydrogen-bond acceptors (Lipinski definition) is 2. The fourth-order valence-corrected chi connectivity index (χ4v) is 4.62. The van der Waals surface area contributed by atoms with E-state index in [0.29, 0.717) is 6.04 Å². The third-order valence-corrected chi connectivity index (χ3v) is 5.43. The second-order valence-electron chi connectivity index (χ2n) is 5.24. The van der Waals surface area contributed by atoms with E-state index in [-0.39, 0.29) is 0 Å². The Morgan fingerprint density at radius 1 is 1.37 bits per heavy atom. The van der Waals surface area contributed by atoms with E-state index in [9.17, 15) is 0 Å². The van der Waals surface area contributed by atoms with Gasteiger partial charge < -0.3 is 5.32 Å². The Bertz CT molecular complexity index is 576. The predicted octanol–water partition coefficient (Wildman–Crippen LogP) is 4.99. The molecule has 1 N–H and O–H groups in total. The van der Waals surface area contributed by atoms with Crippen LogP contribution in [0.1, 0.15) is 40.5 Å². The first kappa shape index (κ1) is 13.3. The van der Waals surface area contributed by atoms with Crippen LogP contribution in [0.2, 0.25) is 0 Å². The van der Waals surface area contributed by atoms with Crippen LogP contribution in [0.25, 0.3) is 0 Å². The maximum atomic E-state index is 3.72. The molecule has 1 nitrogen and oxygen atoms in total. The quantitative estimate of drug-likeness (QED) is 0.833. The summed E-state index contributed by atoms with van der Waals surface area (Å²) in [6, 6.07) is 11.6. The second kappa shape index (κ2) is 5.78. The molecule has 3 rings (SSSR count). The van der Waals surface area contributed by atoms with Gasteiger partial charge in [0, 0.05) is 17.5 Å². The number of rotatable bonds is 3. The van der Waals surface area contributed by atoms with Crippen LogP contribution in [-0.4, -0.2) is 0 Å². The SMILES string of the molecule is Cc1cccc(CNC2CCCc3sc(Br)cc32)c1. The van der Waals surface area contributed by atoms with Gasteiger partial charge in [0.05, 0.1) is 3.79 Å². The van der Waals surface area contributed by atoms with Crippen LogP contribution in [0, 0.1) is 6.92 Å². The molecular formula is C16H18BrNS. The van der Waals surface area contributed by atoms with E-state index in [1.807, 2.05) is 11.3 Å². The molecule has 0 saturated carbocycles. The summed E-state index contributed by atoms with van der Waals surface area (Å²) in [5.74, 6) is 0. The van der Waals surface area contributed by atoms with Gasteiger partial charge in [-0.2, -0.15) is 0 Å². The van der Waals surface area contributed by atoms with E-state index in [2.05, 4.69) is 58.5 Å². The minimum Gasteiger partial charge on any atom is -0.306 e. The zero-order chi connectivity index (χ0) is 13.2. The number of aryl methyl sites for hydroxylation is 2. The number of nitrogens with one attached hydrogen (secondary N) is 1. The highest BCUT2D eigenvalue weighted by molar-refractivity contribution is 9.11. The molecule has 1 aliphatic rings. The van der Waals surface area contributed by atoms with Crippen molar-refractivity contribution in [2.75, 3.05) is 0 Å². The van der Waals surface area contributed by atoms with E-state index in [1.54, 1.807) is 4.88 Å². The lowest BCUT2D eigenvalue weighted by Gasteiger charge is -2.23. The highest BCUT2D eigenvalue weighted by Gasteiger charge is 2.22. The van der Waals surface area contributed by atoms with E-state index in [4.69, 9.17) is 0 Å². The van der Waals surface area contributed by atoms with Crippen LogP contribution in [0.4, 0.5) is 0 Å². The van der Waals surface area contributed by atoms with Crippen molar-refractivity contribution in [2.24, 2.45) is 0 Å². The zero-order valence-electron chi connectivity index (χ0n) is 11.1. The van der Waals surface area contributed by atoms with Crippen molar-refractivity contribution in [1.82, 2.24) is 5.32 Å². The molecule has 1 aliphatic carbocycles. The first-order chi connectivity index (χ1) is 9.22. The van der Waals surface area contributed by atoms with Crippen molar-refractivity contribution < 1.29 is 0 Å². The number of benzene rings is 1. The predicted molar refractivity (Wildman–Crippen MR) is 85.7 cm³/mol. The molecule has 3 heteroatoms. The van der Waals surface area contributed by atoms with E-state index in [1.165, 1.54) is 39.7 Å². The Hall–Kier alpha value is -0.640. The average Bonchev–Trinajstić information content (AvgIpc) is 2.77. The zero-order valence-corrected chi connectivity index (χ0v) is 13.5. The van der Waals surface area contributed by atoms with Crippen LogP contribution in [0.3, 0.4) is 0 Å². The highest BCUT2D eigenvalue weighted by Crippen LogP contribution is 2.38. The van der Waals surface area contributed by atoms with Gasteiger partial charge in [0.1, 0.15) is 0 Å². The second-order valence-corrected chi connectivity index (χ2v) is 7.76. The van der Waals surface area contributed by atoms with Crippen molar-refractivity contribution in [1.29, 1.82) is 0 Å². The van der Waals surface area contributed by atoms with Crippen LogP contribution >= 0.6 is 27.3 Å². The van der Waals surface area contributed by atoms with Crippen molar-refractivity contribution >= 4 is 27.3 Å². The molecule has 0 aliphatic heterocycles. The molecule has 0 radical (unpaired) electrons. The largest absolute Gasteiger partial charge is 0.306 e. The topological polar surface area (TPSA) is 12.0 Å². The van der Waals surface area contributed by atoms with Gasteiger partial charge in [-0.25, -0.2) is 0 Å². The normalized spacial score (nSPS) is 18.3. The Balaban J connectivity index is 1.71. The summed E-state index contributed by atoms with van der Waals surface area (Å²) >= 11 is 5.51. The number of hydrogen-bond donors (Lipinski definition) is 1. The van der Waals surface area contributed by atoms with Gasteiger partial charge in [-0.05, 0) is 59.3 Å². The molecule has 1 heterocycles. The summed E-state index contributed by atoms with van der Waals surface area (Å²) < 4.78 is 1.27. The fourth-order valence-electron chi connectivity index (χ4n) is 2.80. The molecule has 100 valence electrons. The Morgan fingerprint density at radius 3 is 3.11 bits per heavy atom. The lowest BCUT2D eigenvalue weighted by atomic mass is 9.94. The maximum Gasteiger partial charge on any atom is 0.0704 e. The fraction of sp³-hybridized carbons (Fsp3) is 0.375. The van der Waals surface area contributed by atoms with E-state index >= 15 is 0 Å². The van der Waals surface area contributed by atoms with Gasteiger partial charge in [0.2, 0.25) is 0 Å². The average molecular weight is 336 g/mol. The van der Waals surface area contributed by atoms with Crippen LogP contribution in [0.15, 0.2) is 34.1 Å². The van der Waals surface area contributed by atoms with Gasteiger partial charge in [0.15, 0.2) is 0 Å². The van der Waals surface area contributed by atoms with Crippen molar-refractivity contribution in [3.05, 3.63) is 55.7 Å². The Labute approximate surface area is 127 Å². The third kappa shape index (κ3) is 3.10. The summed E-state index contributed by atoms with van der Waals surface area (Å²) in [5, 5.41) is 3.72. The van der Waals surface area contributed by atoms with Crippen molar-refractivity contribution in [3.63, 3.8) is 0 Å². The van der Waals surface area contributed by atoms with Gasteiger partial charge >= 0.3 is 0 Å². The van der Waals surface area contributed by atoms with Crippen LogP contribution < -0.4 is 5.32 Å². The van der Waals surface area contributed by atoms with Gasteiger partial charge in [-0.3, -0.25) is 0 Å². The van der Waals surface area contributed by atoms with Crippen LogP contribution in [-0.2, 0) is 13.0 Å². The van der Waals surface area contributed by atoms with E-state index in [0.717, 1.165) is 6.54 Å². The Morgan fingerprint density at radius 2 is 2.26 bits per heavy atom. The number of halogens is 1. The molecule has 0 bridgehead atoms. The minimum absolute atomic E-state index is 0.520. The van der Waals surface area contributed by atoms with Crippen molar-refractivity contribution in [3.8, 4) is 0 Å². The summed E-state index contributed by atoms with van der Waals surface area (Å²) in [5.41, 5.74) is 4.22. The molecule has 0 fully saturated rings. The van der Waals surface area contributed by atoms with Gasteiger partial charge in [0.25, 0.3) is 0 Å². The maximum absolute atomic E-state index is 3.72. The standard InChI is InChI=1S/C16H18BrNS/c1-11-4-2-5-12(8-11)10-18-14-6-3-7-15-13(14)9-16(17)19-15/h2,4-5,8-9,14,18H,3,6-7,10H2,1H3. The summed E-state index contributed by atoms with van der Waals surface area (Å²) in [7, 11) is 0. The molecule has 1 unspecified atom stereocenters. The lowest BCUT2D eigenvalue weighted by molar-refractivity contribution is 0.463. The number of thiophene rings is 1. The molecule has 0 amide bonds. The van der Waals surface area contributed by atoms with Crippen molar-refractivity contribution in [2.45, 2.75) is 38.8 Å². The molecule has 0 spiro atoms. The monoisotopic (exact) mass is 335 g/mol. The molecule has 2 aromatic rings. The molecule has 0 saturated heterocycles. The first-order valence-electron chi connectivity index (χ1n) is 6.79. The van der Waals surface area contributed by atoms with Crippen LogP contribution in [0.5, 0.6) is 0 Å². The molecule has 1 aromatic heterocycles. The number of fused-ring (bicyclic) bond motifs is 1. The third-order valence-electron chi connectivity index (χ3n) is 3.72. The highest BCUT2D eigenvalue weighted by atomic mass is 79.9. The molecule has 1 atom stereocenters. The summed E-state index contributed by atoms with van der Waals surface area (Å²) in [6.45, 7) is 3.11. The summed E-state index contributed by atoms with van der Waals surface area (Å²) in [6.07, 6.45) is 3.79. The minimum atomic E-state index is 0.520. The first-order valence-corrected chi connectivity index (χ1v) is 8.40. The van der Waals surface area contributed by atoms with E-state index < -0.39 is 0 Å². The Kier molecular flexibility index (Phi) is 4.06. The molecule has 1 aromatic carbocycles. The molecule has 19 heavy (non-hydrogen) atoms. The summed E-state index contributed by atoms with van der Waals surface area (Å²) in [4.78, 5) is 1.56. The lowest BCUT2D eigenvalue weighted by Crippen LogP contribution is -2.23. The smallest absolute Gasteiger partial charge is 0.0704 e.